The Labute approximate surface area is 194 Å². The summed E-state index contributed by atoms with van der Waals surface area (Å²) in [6.45, 7) is 2.58. The van der Waals surface area contributed by atoms with Crippen LogP contribution in [0.1, 0.15) is 21.7 Å². The molecule has 0 atom stereocenters. The van der Waals surface area contributed by atoms with E-state index >= 15 is 0 Å². The molecular weight excluding hydrogens is 472 g/mol. The number of nitrogens with one attached hydrogen (secondary N) is 1. The lowest BCUT2D eigenvalue weighted by Crippen LogP contribution is -2.09. The average Bonchev–Trinajstić information content (AvgIpc) is 3.20. The van der Waals surface area contributed by atoms with E-state index in [1.54, 1.807) is 0 Å². The summed E-state index contributed by atoms with van der Waals surface area (Å²) in [5.74, 6) is 1.13. The Bertz CT molecular complexity index is 1180. The number of benzene rings is 3. The van der Waals surface area contributed by atoms with Gasteiger partial charge in [-0.1, -0.05) is 70.2 Å². The molecule has 7 heteroatoms. The van der Waals surface area contributed by atoms with Crippen LogP contribution in [0.2, 0.25) is 0 Å². The van der Waals surface area contributed by atoms with Gasteiger partial charge in [-0.25, -0.2) is 0 Å². The van der Waals surface area contributed by atoms with E-state index in [4.69, 9.17) is 0 Å². The number of hydrogen-bond acceptors (Lipinski definition) is 5. The number of aryl methyl sites for hydroxylation is 1. The molecule has 1 aromatic heterocycles. The maximum Gasteiger partial charge on any atom is 0.196 e. The van der Waals surface area contributed by atoms with Gasteiger partial charge in [-0.2, -0.15) is 0 Å². The number of anilines is 1. The third-order valence-corrected chi connectivity index (χ3v) is 6.14. The maximum absolute atomic E-state index is 12.6. The molecule has 4 aromatic rings. The first kappa shape index (κ1) is 21.3. The largest absolute Gasteiger partial charge is 0.378 e. The number of carbonyl (C=O) groups is 1. The van der Waals surface area contributed by atoms with Gasteiger partial charge in [0.25, 0.3) is 0 Å². The van der Waals surface area contributed by atoms with Crippen molar-refractivity contribution in [2.75, 3.05) is 11.1 Å². The van der Waals surface area contributed by atoms with Crippen LogP contribution in [0.25, 0.3) is 5.69 Å². The number of ketones is 1. The van der Waals surface area contributed by atoms with Crippen LogP contribution < -0.4 is 5.32 Å². The highest BCUT2D eigenvalue weighted by molar-refractivity contribution is 9.10. The summed E-state index contributed by atoms with van der Waals surface area (Å²) in [6, 6.07) is 25.6. The molecule has 0 unspecified atom stereocenters. The minimum atomic E-state index is 0.0551. The average molecular weight is 493 g/mol. The number of thioether (sulfide) groups is 1. The Balaban J connectivity index is 1.54. The zero-order valence-electron chi connectivity index (χ0n) is 17.0. The number of halogens is 1. The maximum atomic E-state index is 12.6. The highest BCUT2D eigenvalue weighted by Gasteiger charge is 2.16. The first-order chi connectivity index (χ1) is 15.1. The lowest BCUT2D eigenvalue weighted by atomic mass is 10.2. The molecule has 0 amide bonds. The van der Waals surface area contributed by atoms with E-state index in [0.29, 0.717) is 17.3 Å². The molecule has 0 aliphatic rings. The van der Waals surface area contributed by atoms with Crippen LogP contribution in [0.5, 0.6) is 0 Å². The fourth-order valence-corrected chi connectivity index (χ4v) is 4.26. The van der Waals surface area contributed by atoms with Crippen LogP contribution in [0, 0.1) is 6.92 Å². The summed E-state index contributed by atoms with van der Waals surface area (Å²) in [6.07, 6.45) is 0. The fraction of sp³-hybridized carbons (Fsp3) is 0.125. The van der Waals surface area contributed by atoms with Crippen LogP contribution in [0.15, 0.2) is 88.5 Å². The van der Waals surface area contributed by atoms with Crippen molar-refractivity contribution in [2.24, 2.45) is 0 Å². The SMILES string of the molecule is Cc1cccc(NCc2nnc(SCC(=O)c3ccc(Br)cc3)n2-c2ccccc2)c1. The van der Waals surface area contributed by atoms with Gasteiger partial charge in [0.1, 0.15) is 0 Å². The van der Waals surface area contributed by atoms with Gasteiger partial charge in [0.15, 0.2) is 16.8 Å². The quantitative estimate of drug-likeness (QED) is 0.244. The summed E-state index contributed by atoms with van der Waals surface area (Å²) in [4.78, 5) is 12.6. The van der Waals surface area contributed by atoms with Crippen molar-refractivity contribution in [1.29, 1.82) is 0 Å². The summed E-state index contributed by atoms with van der Waals surface area (Å²) in [7, 11) is 0. The molecule has 156 valence electrons. The molecule has 0 aliphatic heterocycles. The number of para-hydroxylation sites is 1. The Morgan fingerprint density at radius 1 is 1.00 bits per heavy atom. The van der Waals surface area contributed by atoms with Crippen LogP contribution in [-0.4, -0.2) is 26.3 Å². The zero-order valence-corrected chi connectivity index (χ0v) is 19.4. The van der Waals surface area contributed by atoms with E-state index in [0.717, 1.165) is 21.7 Å². The number of rotatable bonds is 8. The van der Waals surface area contributed by atoms with Gasteiger partial charge in [0.05, 0.1) is 12.3 Å². The number of nitrogens with zero attached hydrogens (tertiary/aromatic N) is 3. The molecule has 4 rings (SSSR count). The van der Waals surface area contributed by atoms with E-state index in [9.17, 15) is 4.79 Å². The highest BCUT2D eigenvalue weighted by Crippen LogP contribution is 2.24. The van der Waals surface area contributed by atoms with Crippen LogP contribution in [-0.2, 0) is 6.54 Å². The monoisotopic (exact) mass is 492 g/mol. The molecular formula is C24H21BrN4OS. The van der Waals surface area contributed by atoms with Gasteiger partial charge in [-0.15, -0.1) is 10.2 Å². The molecule has 0 saturated carbocycles. The van der Waals surface area contributed by atoms with Crippen LogP contribution in [0.4, 0.5) is 5.69 Å². The number of carbonyl (C=O) groups excluding carboxylic acids is 1. The highest BCUT2D eigenvalue weighted by atomic mass is 79.9. The van der Waals surface area contributed by atoms with Gasteiger partial charge >= 0.3 is 0 Å². The number of hydrogen-bond donors (Lipinski definition) is 1. The third-order valence-electron chi connectivity index (χ3n) is 4.68. The molecule has 0 spiro atoms. The summed E-state index contributed by atoms with van der Waals surface area (Å²) in [5.41, 5.74) is 3.87. The van der Waals surface area contributed by atoms with Gasteiger partial charge in [0, 0.05) is 21.4 Å². The second kappa shape index (κ2) is 9.94. The van der Waals surface area contributed by atoms with Crippen molar-refractivity contribution in [3.05, 3.63) is 100 Å². The molecule has 0 radical (unpaired) electrons. The second-order valence-electron chi connectivity index (χ2n) is 7.01. The first-order valence-electron chi connectivity index (χ1n) is 9.82. The summed E-state index contributed by atoms with van der Waals surface area (Å²) in [5, 5.41) is 12.9. The standard InChI is InChI=1S/C24H21BrN4OS/c1-17-6-5-7-20(14-17)26-15-23-27-28-24(29(23)21-8-3-2-4-9-21)31-16-22(30)18-10-12-19(25)13-11-18/h2-14,26H,15-16H2,1H3. The normalized spacial score (nSPS) is 10.8. The van der Waals surface area contributed by atoms with Crippen molar-refractivity contribution in [1.82, 2.24) is 14.8 Å². The topological polar surface area (TPSA) is 59.8 Å². The fourth-order valence-electron chi connectivity index (χ4n) is 3.13. The van der Waals surface area contributed by atoms with Crippen molar-refractivity contribution in [3.63, 3.8) is 0 Å². The van der Waals surface area contributed by atoms with Gasteiger partial charge in [0.2, 0.25) is 0 Å². The Morgan fingerprint density at radius 2 is 1.77 bits per heavy atom. The minimum Gasteiger partial charge on any atom is -0.378 e. The zero-order chi connectivity index (χ0) is 21.6. The van der Waals surface area contributed by atoms with E-state index in [-0.39, 0.29) is 11.5 Å². The molecule has 0 fully saturated rings. The van der Waals surface area contributed by atoms with E-state index < -0.39 is 0 Å². The molecule has 31 heavy (non-hydrogen) atoms. The molecule has 0 saturated heterocycles. The van der Waals surface area contributed by atoms with Gasteiger partial charge in [-0.3, -0.25) is 9.36 Å². The van der Waals surface area contributed by atoms with E-state index in [2.05, 4.69) is 50.5 Å². The van der Waals surface area contributed by atoms with E-state index in [1.807, 2.05) is 71.3 Å². The van der Waals surface area contributed by atoms with Gasteiger partial charge < -0.3 is 5.32 Å². The summed E-state index contributed by atoms with van der Waals surface area (Å²) < 4.78 is 2.95. The Morgan fingerprint density at radius 3 is 2.52 bits per heavy atom. The molecule has 5 nitrogen and oxygen atoms in total. The Hall–Kier alpha value is -2.90. The van der Waals surface area contributed by atoms with Crippen LogP contribution in [0.3, 0.4) is 0 Å². The summed E-state index contributed by atoms with van der Waals surface area (Å²) >= 11 is 4.79. The van der Waals surface area contributed by atoms with Crippen molar-refractivity contribution < 1.29 is 4.79 Å². The molecule has 1 heterocycles. The lowest BCUT2D eigenvalue weighted by molar-refractivity contribution is 0.102. The number of aromatic nitrogens is 3. The van der Waals surface area contributed by atoms with Crippen molar-refractivity contribution >= 4 is 39.2 Å². The Kier molecular flexibility index (Phi) is 6.84. The smallest absolute Gasteiger partial charge is 0.196 e. The van der Waals surface area contributed by atoms with Gasteiger partial charge in [-0.05, 0) is 48.9 Å². The predicted molar refractivity (Wildman–Crippen MR) is 129 cm³/mol. The number of Topliss-reactive ketones (excluding diaryl/α,β-unsaturated/α-hetero) is 1. The lowest BCUT2D eigenvalue weighted by Gasteiger charge is -2.11. The second-order valence-corrected chi connectivity index (χ2v) is 8.87. The molecule has 0 bridgehead atoms. The van der Waals surface area contributed by atoms with E-state index in [1.165, 1.54) is 17.3 Å². The minimum absolute atomic E-state index is 0.0551. The van der Waals surface area contributed by atoms with Crippen molar-refractivity contribution in [2.45, 2.75) is 18.6 Å². The third kappa shape index (κ3) is 5.42. The predicted octanol–water partition coefficient (Wildman–Crippen LogP) is 5.93. The molecule has 1 N–H and O–H groups in total. The van der Waals surface area contributed by atoms with Crippen molar-refractivity contribution in [3.8, 4) is 5.69 Å². The van der Waals surface area contributed by atoms with Crippen LogP contribution >= 0.6 is 27.7 Å². The molecule has 0 aliphatic carbocycles. The first-order valence-corrected chi connectivity index (χ1v) is 11.6. The molecule has 3 aromatic carbocycles.